The summed E-state index contributed by atoms with van der Waals surface area (Å²) >= 11 is 1.36. The van der Waals surface area contributed by atoms with Gasteiger partial charge in [0, 0.05) is 11.3 Å². The Morgan fingerprint density at radius 2 is 1.91 bits per heavy atom. The maximum absolute atomic E-state index is 13.2. The van der Waals surface area contributed by atoms with Crippen molar-refractivity contribution in [3.05, 3.63) is 33.8 Å². The molecule has 196 valence electrons. The molecule has 0 aromatic carbocycles. The van der Waals surface area contributed by atoms with Crippen molar-refractivity contribution in [1.82, 2.24) is 4.98 Å². The molecule has 3 N–H and O–H groups in total. The molecule has 35 heavy (non-hydrogen) atoms. The third-order valence-electron chi connectivity index (χ3n) is 7.06. The minimum atomic E-state index is -1.24. The largest absolute Gasteiger partial charge is 0.458 e. The van der Waals surface area contributed by atoms with Crippen molar-refractivity contribution in [2.75, 3.05) is 0 Å². The van der Waals surface area contributed by atoms with E-state index in [9.17, 15) is 24.9 Å². The van der Waals surface area contributed by atoms with Crippen LogP contribution in [0.5, 0.6) is 0 Å². The van der Waals surface area contributed by atoms with Crippen LogP contribution in [-0.4, -0.2) is 50.4 Å². The molecule has 0 saturated carbocycles. The average molecular weight is 508 g/mol. The van der Waals surface area contributed by atoms with E-state index in [-0.39, 0.29) is 30.6 Å². The molecule has 0 fully saturated rings. The third-order valence-corrected chi connectivity index (χ3v) is 7.91. The number of aliphatic hydroxyl groups is 3. The van der Waals surface area contributed by atoms with E-state index in [1.807, 2.05) is 31.4 Å². The number of carbonyl (C=O) groups excluding carboxylic acids is 2. The Bertz CT molecular complexity index is 921. The molecule has 0 saturated heterocycles. The molecule has 6 atom stereocenters. The molecule has 2 heterocycles. The van der Waals surface area contributed by atoms with Crippen molar-refractivity contribution >= 4 is 29.2 Å². The van der Waals surface area contributed by atoms with E-state index in [4.69, 9.17) is 4.74 Å². The Kier molecular flexibility index (Phi) is 10.8. The molecule has 1 aliphatic heterocycles. The van der Waals surface area contributed by atoms with Crippen LogP contribution in [0.1, 0.15) is 77.9 Å². The predicted octanol–water partition coefficient (Wildman–Crippen LogP) is 4.31. The first kappa shape index (κ1) is 29.4. The summed E-state index contributed by atoms with van der Waals surface area (Å²) in [5, 5.41) is 33.3. The van der Waals surface area contributed by atoms with Crippen molar-refractivity contribution in [2.45, 2.75) is 92.1 Å². The molecule has 1 aromatic rings. The van der Waals surface area contributed by atoms with Crippen molar-refractivity contribution in [2.24, 2.45) is 23.2 Å². The van der Waals surface area contributed by atoms with Gasteiger partial charge in [0.05, 0.1) is 36.3 Å². The number of aliphatic hydroxyl groups excluding tert-OH is 3. The molecule has 1 aliphatic rings. The van der Waals surface area contributed by atoms with Crippen LogP contribution in [0.4, 0.5) is 0 Å². The van der Waals surface area contributed by atoms with Crippen LogP contribution >= 0.6 is 11.3 Å². The average Bonchev–Trinajstić information content (AvgIpc) is 3.26. The molecule has 7 nitrogen and oxygen atoms in total. The van der Waals surface area contributed by atoms with Gasteiger partial charge in [-0.2, -0.15) is 0 Å². The fourth-order valence-electron chi connectivity index (χ4n) is 4.36. The smallest absolute Gasteiger partial charge is 0.309 e. The lowest BCUT2D eigenvalue weighted by Crippen LogP contribution is -2.45. The number of ether oxygens (including phenoxy) is 1. The van der Waals surface area contributed by atoms with Gasteiger partial charge in [-0.3, -0.25) is 9.59 Å². The zero-order valence-electron chi connectivity index (χ0n) is 21.7. The van der Waals surface area contributed by atoms with Gasteiger partial charge in [0.25, 0.3) is 0 Å². The Balaban J connectivity index is 2.32. The summed E-state index contributed by atoms with van der Waals surface area (Å²) in [5.41, 5.74) is 0.295. The van der Waals surface area contributed by atoms with E-state index in [1.165, 1.54) is 11.3 Å². The highest BCUT2D eigenvalue weighted by Gasteiger charge is 2.42. The lowest BCUT2D eigenvalue weighted by Gasteiger charge is -2.34. The van der Waals surface area contributed by atoms with Gasteiger partial charge < -0.3 is 20.1 Å². The van der Waals surface area contributed by atoms with Crippen LogP contribution in [0, 0.1) is 23.2 Å². The van der Waals surface area contributed by atoms with E-state index in [1.54, 1.807) is 20.8 Å². The number of carbonyl (C=O) groups is 2. The van der Waals surface area contributed by atoms with Gasteiger partial charge in [-0.25, -0.2) is 4.98 Å². The molecule has 0 bridgehead atoms. The first-order chi connectivity index (χ1) is 16.4. The molecule has 0 aliphatic carbocycles. The van der Waals surface area contributed by atoms with Crippen LogP contribution in [0.25, 0.3) is 6.08 Å². The molecule has 1 aromatic heterocycles. The number of aromatic nitrogens is 1. The summed E-state index contributed by atoms with van der Waals surface area (Å²) in [7, 11) is 0. The highest BCUT2D eigenvalue weighted by molar-refractivity contribution is 7.09. The second-order valence-corrected chi connectivity index (χ2v) is 11.4. The van der Waals surface area contributed by atoms with Crippen LogP contribution in [0.15, 0.2) is 23.1 Å². The van der Waals surface area contributed by atoms with Gasteiger partial charge in [0.1, 0.15) is 16.9 Å². The van der Waals surface area contributed by atoms with Crippen LogP contribution in [0.3, 0.4) is 0 Å². The van der Waals surface area contributed by atoms with Gasteiger partial charge in [0.2, 0.25) is 0 Å². The van der Waals surface area contributed by atoms with Crippen LogP contribution in [-0.2, 0) is 20.9 Å². The van der Waals surface area contributed by atoms with E-state index in [0.717, 1.165) is 12.0 Å². The van der Waals surface area contributed by atoms with Crippen molar-refractivity contribution in [3.63, 3.8) is 0 Å². The standard InChI is InChI=1S/C27H41NO6S/c1-16-8-7-9-17(2)25(32)19(4)26(33)27(5,6)22(30)13-24(31)34-21(11-10-16)18(3)12-20-15-35-23(14-29)28-20/h7-8,12,15-17,19,21-22,25,29-30,32H,9-11,13-14H2,1-6H3/b8-7+,18-12+/t16?,17-,19+,21-,22-,25-/m0/s1. The summed E-state index contributed by atoms with van der Waals surface area (Å²) in [6, 6.07) is 0. The van der Waals surface area contributed by atoms with Gasteiger partial charge >= 0.3 is 5.97 Å². The fraction of sp³-hybridized carbons (Fsp3) is 0.667. The fourth-order valence-corrected chi connectivity index (χ4v) is 4.97. The third kappa shape index (κ3) is 8.07. The topological polar surface area (TPSA) is 117 Å². The second-order valence-electron chi connectivity index (χ2n) is 10.5. The molecule has 0 radical (unpaired) electrons. The van der Waals surface area contributed by atoms with E-state index in [2.05, 4.69) is 18.0 Å². The summed E-state index contributed by atoms with van der Waals surface area (Å²) in [4.78, 5) is 30.4. The summed E-state index contributed by atoms with van der Waals surface area (Å²) < 4.78 is 5.80. The zero-order chi connectivity index (χ0) is 26.3. The maximum atomic E-state index is 13.2. The second kappa shape index (κ2) is 12.9. The first-order valence-electron chi connectivity index (χ1n) is 12.4. The summed E-state index contributed by atoms with van der Waals surface area (Å²) in [6.45, 7) is 10.6. The Morgan fingerprint density at radius 1 is 1.23 bits per heavy atom. The highest BCUT2D eigenvalue weighted by Crippen LogP contribution is 2.32. The minimum Gasteiger partial charge on any atom is -0.458 e. The molecular weight excluding hydrogens is 466 g/mol. The number of nitrogens with zero attached hydrogens (tertiary/aromatic N) is 1. The molecular formula is C27H41NO6S. The number of allylic oxidation sites excluding steroid dienone is 2. The molecule has 0 spiro atoms. The number of hydrogen-bond acceptors (Lipinski definition) is 8. The highest BCUT2D eigenvalue weighted by atomic mass is 32.1. The lowest BCUT2D eigenvalue weighted by atomic mass is 9.73. The van der Waals surface area contributed by atoms with Crippen LogP contribution in [0.2, 0.25) is 0 Å². The van der Waals surface area contributed by atoms with Crippen molar-refractivity contribution < 1.29 is 29.6 Å². The number of hydrogen-bond donors (Lipinski definition) is 3. The number of Topliss-reactive ketones (excluding diaryl/α,β-unsaturated/α-hetero) is 1. The Morgan fingerprint density at radius 3 is 2.54 bits per heavy atom. The van der Waals surface area contributed by atoms with E-state index < -0.39 is 35.6 Å². The maximum Gasteiger partial charge on any atom is 0.309 e. The number of cyclic esters (lactones) is 1. The number of rotatable bonds is 3. The van der Waals surface area contributed by atoms with Gasteiger partial charge in [-0.15, -0.1) is 11.3 Å². The quantitative estimate of drug-likeness (QED) is 0.412. The van der Waals surface area contributed by atoms with Gasteiger partial charge in [-0.1, -0.05) is 46.8 Å². The minimum absolute atomic E-state index is 0.122. The van der Waals surface area contributed by atoms with E-state index >= 15 is 0 Å². The molecule has 0 amide bonds. The van der Waals surface area contributed by atoms with Gasteiger partial charge in [0.15, 0.2) is 0 Å². The number of esters is 1. The first-order valence-corrected chi connectivity index (χ1v) is 13.2. The SMILES string of the molecule is C/C(=C\c1csc(CO)n1)[C@@H]1CCC(C)/C=C/C[C@H](C)[C@H](O)[C@@H](C)C(=O)C(C)(C)[C@@H](O)CC(=O)O1. The Labute approximate surface area is 212 Å². The van der Waals surface area contributed by atoms with E-state index in [0.29, 0.717) is 23.5 Å². The van der Waals surface area contributed by atoms with Gasteiger partial charge in [-0.05, 0) is 49.7 Å². The monoisotopic (exact) mass is 507 g/mol. The normalized spacial score (nSPS) is 32.8. The summed E-state index contributed by atoms with van der Waals surface area (Å²) in [5.74, 6) is -1.43. The Hall–Kier alpha value is -1.87. The number of ketones is 1. The number of thiazole rings is 1. The van der Waals surface area contributed by atoms with Crippen LogP contribution < -0.4 is 0 Å². The summed E-state index contributed by atoms with van der Waals surface area (Å²) in [6.07, 6.45) is 5.08. The molecule has 8 heteroatoms. The van der Waals surface area contributed by atoms with Crippen molar-refractivity contribution in [1.29, 1.82) is 0 Å². The lowest BCUT2D eigenvalue weighted by molar-refractivity contribution is -0.154. The van der Waals surface area contributed by atoms with Crippen molar-refractivity contribution in [3.8, 4) is 0 Å². The molecule has 1 unspecified atom stereocenters. The zero-order valence-corrected chi connectivity index (χ0v) is 22.5. The molecule has 2 rings (SSSR count). The predicted molar refractivity (Wildman–Crippen MR) is 137 cm³/mol.